The largest absolute Gasteiger partial charge is 0.416 e. The summed E-state index contributed by atoms with van der Waals surface area (Å²) in [7, 11) is 0. The second-order valence-electron chi connectivity index (χ2n) is 7.17. The molecular weight excluding hydrogens is 433 g/mol. The van der Waals surface area contributed by atoms with Gasteiger partial charge in [0.1, 0.15) is 0 Å². The van der Waals surface area contributed by atoms with Crippen LogP contribution in [-0.2, 0) is 12.7 Å². The number of hydrogen-bond acceptors (Lipinski definition) is 5. The molecule has 3 aromatic rings. The summed E-state index contributed by atoms with van der Waals surface area (Å²) in [5.41, 5.74) is 0.204. The minimum atomic E-state index is -4.42. The number of hydrogen-bond donors (Lipinski definition) is 0. The number of aromatic nitrogens is 2. The molecule has 0 aliphatic carbocycles. The Balaban J connectivity index is 1.32. The van der Waals surface area contributed by atoms with Crippen LogP contribution < -0.4 is 0 Å². The first-order valence-electron chi connectivity index (χ1n) is 9.57. The molecule has 4 rings (SSSR count). The van der Waals surface area contributed by atoms with Crippen molar-refractivity contribution >= 4 is 17.5 Å². The van der Waals surface area contributed by atoms with E-state index in [2.05, 4.69) is 15.0 Å². The van der Waals surface area contributed by atoms with Gasteiger partial charge in [-0.3, -0.25) is 9.69 Å². The zero-order valence-electron chi connectivity index (χ0n) is 16.3. The van der Waals surface area contributed by atoms with Gasteiger partial charge in [-0.05, 0) is 42.5 Å². The highest BCUT2D eigenvalue weighted by Gasteiger charge is 2.31. The molecule has 0 N–H and O–H groups in total. The summed E-state index contributed by atoms with van der Waals surface area (Å²) >= 11 is 5.99. The zero-order valence-corrected chi connectivity index (χ0v) is 17.0. The third kappa shape index (κ3) is 5.05. The van der Waals surface area contributed by atoms with E-state index in [1.807, 2.05) is 6.07 Å². The molecule has 0 unspecified atom stereocenters. The number of amides is 1. The molecule has 1 aromatic heterocycles. The van der Waals surface area contributed by atoms with Crippen LogP contribution in [0.25, 0.3) is 11.5 Å². The first-order chi connectivity index (χ1) is 14.8. The first kappa shape index (κ1) is 21.3. The molecule has 10 heteroatoms. The molecule has 0 bridgehead atoms. The Hall–Kier alpha value is -2.91. The summed E-state index contributed by atoms with van der Waals surface area (Å²) in [6, 6.07) is 11.4. The highest BCUT2D eigenvalue weighted by molar-refractivity contribution is 6.30. The summed E-state index contributed by atoms with van der Waals surface area (Å²) in [4.78, 5) is 20.7. The fraction of sp³-hybridized carbons (Fsp3) is 0.286. The van der Waals surface area contributed by atoms with Gasteiger partial charge in [0.15, 0.2) is 5.82 Å². The van der Waals surface area contributed by atoms with Gasteiger partial charge >= 0.3 is 6.18 Å². The lowest BCUT2D eigenvalue weighted by Gasteiger charge is -2.34. The van der Waals surface area contributed by atoms with Gasteiger partial charge < -0.3 is 9.42 Å². The molecule has 162 valence electrons. The Morgan fingerprint density at radius 2 is 1.77 bits per heavy atom. The SMILES string of the molecule is O=C(c1ccc(C(F)(F)F)cc1)N1CCN(Cc2noc(-c3cccc(Cl)c3)n2)CC1. The van der Waals surface area contributed by atoms with Crippen LogP contribution >= 0.6 is 11.6 Å². The lowest BCUT2D eigenvalue weighted by molar-refractivity contribution is -0.137. The summed E-state index contributed by atoms with van der Waals surface area (Å²) in [5, 5.41) is 4.58. The Morgan fingerprint density at radius 3 is 2.42 bits per heavy atom. The predicted octanol–water partition coefficient (Wildman–Crippen LogP) is 4.37. The minimum absolute atomic E-state index is 0.241. The lowest BCUT2D eigenvalue weighted by Crippen LogP contribution is -2.48. The molecular formula is C21H18ClF3N4O2. The molecule has 1 amide bonds. The van der Waals surface area contributed by atoms with Gasteiger partial charge in [0, 0.05) is 42.3 Å². The third-order valence-corrected chi connectivity index (χ3v) is 5.26. The lowest BCUT2D eigenvalue weighted by atomic mass is 10.1. The minimum Gasteiger partial charge on any atom is -0.336 e. The third-order valence-electron chi connectivity index (χ3n) is 5.02. The van der Waals surface area contributed by atoms with Crippen molar-refractivity contribution in [3.63, 3.8) is 0 Å². The van der Waals surface area contributed by atoms with Gasteiger partial charge in [0.05, 0.1) is 12.1 Å². The van der Waals surface area contributed by atoms with Crippen molar-refractivity contribution in [2.24, 2.45) is 0 Å². The average molecular weight is 451 g/mol. The maximum atomic E-state index is 12.7. The van der Waals surface area contributed by atoms with Crippen molar-refractivity contribution in [1.82, 2.24) is 19.9 Å². The topological polar surface area (TPSA) is 62.5 Å². The number of nitrogens with zero attached hydrogens (tertiary/aromatic N) is 4. The van der Waals surface area contributed by atoms with Crippen LogP contribution in [0, 0.1) is 0 Å². The molecule has 0 radical (unpaired) electrons. The van der Waals surface area contributed by atoms with Crippen molar-refractivity contribution in [1.29, 1.82) is 0 Å². The Bertz CT molecular complexity index is 1060. The van der Waals surface area contributed by atoms with Gasteiger partial charge in [-0.1, -0.05) is 22.8 Å². The van der Waals surface area contributed by atoms with Crippen LogP contribution in [0.4, 0.5) is 13.2 Å². The number of alkyl halides is 3. The first-order valence-corrected chi connectivity index (χ1v) is 9.95. The number of carbonyl (C=O) groups is 1. The molecule has 0 atom stereocenters. The van der Waals surface area contributed by atoms with E-state index >= 15 is 0 Å². The van der Waals surface area contributed by atoms with E-state index < -0.39 is 11.7 Å². The van der Waals surface area contributed by atoms with Crippen LogP contribution in [0.2, 0.25) is 5.02 Å². The zero-order chi connectivity index (χ0) is 22.0. The average Bonchev–Trinajstić information content (AvgIpc) is 3.22. The highest BCUT2D eigenvalue weighted by Crippen LogP contribution is 2.29. The molecule has 2 heterocycles. The number of rotatable bonds is 4. The van der Waals surface area contributed by atoms with Crippen molar-refractivity contribution in [3.05, 3.63) is 70.5 Å². The van der Waals surface area contributed by atoms with Gasteiger partial charge in [0.2, 0.25) is 0 Å². The molecule has 0 spiro atoms. The van der Waals surface area contributed by atoms with E-state index in [9.17, 15) is 18.0 Å². The van der Waals surface area contributed by atoms with Crippen molar-refractivity contribution < 1.29 is 22.5 Å². The van der Waals surface area contributed by atoms with E-state index in [1.54, 1.807) is 23.1 Å². The fourth-order valence-corrected chi connectivity index (χ4v) is 3.54. The van der Waals surface area contributed by atoms with Crippen molar-refractivity contribution in [2.45, 2.75) is 12.7 Å². The second-order valence-corrected chi connectivity index (χ2v) is 7.61. The van der Waals surface area contributed by atoms with Crippen LogP contribution in [0.15, 0.2) is 53.1 Å². The van der Waals surface area contributed by atoms with E-state index in [0.717, 1.165) is 17.7 Å². The number of benzene rings is 2. The van der Waals surface area contributed by atoms with Crippen molar-refractivity contribution in [3.8, 4) is 11.5 Å². The normalized spacial score (nSPS) is 15.3. The molecule has 1 saturated heterocycles. The van der Waals surface area contributed by atoms with Gasteiger partial charge in [-0.2, -0.15) is 18.2 Å². The quantitative estimate of drug-likeness (QED) is 0.590. The molecule has 2 aromatic carbocycles. The highest BCUT2D eigenvalue weighted by atomic mass is 35.5. The number of piperazine rings is 1. The number of halogens is 4. The number of carbonyl (C=O) groups excluding carboxylic acids is 1. The molecule has 1 aliphatic rings. The molecule has 6 nitrogen and oxygen atoms in total. The molecule has 0 saturated carbocycles. The second kappa shape index (κ2) is 8.68. The maximum Gasteiger partial charge on any atom is 0.416 e. The summed E-state index contributed by atoms with van der Waals surface area (Å²) in [6.07, 6.45) is -4.42. The van der Waals surface area contributed by atoms with Crippen LogP contribution in [0.3, 0.4) is 0 Å². The Morgan fingerprint density at radius 1 is 1.06 bits per heavy atom. The Labute approximate surface area is 181 Å². The standard InChI is InChI=1S/C21H18ClF3N4O2/c22-17-3-1-2-15(12-17)19-26-18(27-31-19)13-28-8-10-29(11-9-28)20(30)14-4-6-16(7-5-14)21(23,24)25/h1-7,12H,8-11,13H2. The molecule has 1 aliphatic heterocycles. The van der Waals surface area contributed by atoms with Crippen LogP contribution in [-0.4, -0.2) is 52.0 Å². The summed E-state index contributed by atoms with van der Waals surface area (Å²) in [6.45, 7) is 2.56. The van der Waals surface area contributed by atoms with Gasteiger partial charge in [-0.15, -0.1) is 0 Å². The summed E-state index contributed by atoms with van der Waals surface area (Å²) in [5.74, 6) is 0.627. The van der Waals surface area contributed by atoms with Gasteiger partial charge in [0.25, 0.3) is 11.8 Å². The maximum absolute atomic E-state index is 12.7. The van der Waals surface area contributed by atoms with E-state index in [1.165, 1.54) is 12.1 Å². The van der Waals surface area contributed by atoms with E-state index in [0.29, 0.717) is 49.5 Å². The monoisotopic (exact) mass is 450 g/mol. The fourth-order valence-electron chi connectivity index (χ4n) is 3.35. The molecule has 31 heavy (non-hydrogen) atoms. The smallest absolute Gasteiger partial charge is 0.336 e. The summed E-state index contributed by atoms with van der Waals surface area (Å²) < 4.78 is 43.4. The van der Waals surface area contributed by atoms with Crippen LogP contribution in [0.1, 0.15) is 21.7 Å². The Kier molecular flexibility index (Phi) is 5.97. The van der Waals surface area contributed by atoms with Gasteiger partial charge in [-0.25, -0.2) is 0 Å². The van der Waals surface area contributed by atoms with Crippen LogP contribution in [0.5, 0.6) is 0 Å². The van der Waals surface area contributed by atoms with Crippen molar-refractivity contribution in [2.75, 3.05) is 26.2 Å². The van der Waals surface area contributed by atoms with E-state index in [4.69, 9.17) is 16.1 Å². The van der Waals surface area contributed by atoms with E-state index in [-0.39, 0.29) is 11.5 Å². The predicted molar refractivity (Wildman–Crippen MR) is 107 cm³/mol. The molecule has 1 fully saturated rings.